The molecule has 2 aromatic rings. The van der Waals surface area contributed by atoms with Crippen LogP contribution in [0.5, 0.6) is 0 Å². The SMILES string of the molecule is O=C(NC1CC1)C(=O)N1CCC(NS(=O)(=O)c2c(F)c(C(=O)Nc3cc(F)c(F)c(F)c3)n3c2CCC3)CC1. The first kappa shape index (κ1) is 27.1. The predicted octanol–water partition coefficient (Wildman–Crippen LogP) is 1.79. The van der Waals surface area contributed by atoms with Crippen molar-refractivity contribution in [3.05, 3.63) is 46.8 Å². The minimum atomic E-state index is -4.46. The van der Waals surface area contributed by atoms with Gasteiger partial charge in [0.1, 0.15) is 10.6 Å². The molecular weight excluding hydrogens is 546 g/mol. The van der Waals surface area contributed by atoms with E-state index in [2.05, 4.69) is 15.4 Å². The molecule has 0 unspecified atom stereocenters. The second-order valence-electron chi connectivity index (χ2n) is 9.84. The molecule has 0 spiro atoms. The number of aromatic nitrogens is 1. The summed E-state index contributed by atoms with van der Waals surface area (Å²) < 4.78 is 86.1. The Labute approximate surface area is 220 Å². The van der Waals surface area contributed by atoms with E-state index in [1.54, 1.807) is 0 Å². The van der Waals surface area contributed by atoms with Crippen molar-refractivity contribution in [1.82, 2.24) is 19.5 Å². The van der Waals surface area contributed by atoms with E-state index in [9.17, 15) is 36.0 Å². The number of hydrogen-bond donors (Lipinski definition) is 3. The number of halogens is 4. The Bertz CT molecular complexity index is 1440. The van der Waals surface area contributed by atoms with E-state index in [0.29, 0.717) is 18.6 Å². The van der Waals surface area contributed by atoms with Crippen LogP contribution in [0.25, 0.3) is 0 Å². The van der Waals surface area contributed by atoms with Gasteiger partial charge in [0, 0.05) is 55.2 Å². The summed E-state index contributed by atoms with van der Waals surface area (Å²) in [6.45, 7) is 0.387. The lowest BCUT2D eigenvalue weighted by Crippen LogP contribution is -2.50. The van der Waals surface area contributed by atoms with Crippen molar-refractivity contribution in [2.45, 2.75) is 62.0 Å². The first-order valence-electron chi connectivity index (χ1n) is 12.4. The van der Waals surface area contributed by atoms with Crippen molar-refractivity contribution >= 4 is 33.4 Å². The van der Waals surface area contributed by atoms with Gasteiger partial charge < -0.3 is 20.1 Å². The van der Waals surface area contributed by atoms with Crippen molar-refractivity contribution in [2.24, 2.45) is 0 Å². The summed E-state index contributed by atoms with van der Waals surface area (Å²) in [4.78, 5) is 37.8. The smallest absolute Gasteiger partial charge is 0.311 e. The molecule has 5 rings (SSSR count). The Kier molecular flexibility index (Phi) is 7.13. The summed E-state index contributed by atoms with van der Waals surface area (Å²) in [5.74, 6) is -8.71. The van der Waals surface area contributed by atoms with Crippen molar-refractivity contribution in [1.29, 1.82) is 0 Å². The van der Waals surface area contributed by atoms with Crippen LogP contribution in [-0.2, 0) is 32.6 Å². The van der Waals surface area contributed by atoms with Crippen LogP contribution < -0.4 is 15.4 Å². The number of benzene rings is 1. The summed E-state index contributed by atoms with van der Waals surface area (Å²) in [6, 6.07) is 0.418. The van der Waals surface area contributed by atoms with Crippen molar-refractivity contribution in [3.8, 4) is 0 Å². The minimum absolute atomic E-state index is 0.0230. The van der Waals surface area contributed by atoms with Crippen molar-refractivity contribution in [3.63, 3.8) is 0 Å². The molecule has 2 aliphatic heterocycles. The Hall–Kier alpha value is -3.46. The van der Waals surface area contributed by atoms with Gasteiger partial charge in [-0.05, 0) is 38.5 Å². The van der Waals surface area contributed by atoms with Gasteiger partial charge in [-0.1, -0.05) is 0 Å². The van der Waals surface area contributed by atoms with E-state index in [4.69, 9.17) is 0 Å². The number of likely N-dealkylation sites (tertiary alicyclic amines) is 1. The zero-order chi connectivity index (χ0) is 28.1. The van der Waals surface area contributed by atoms with Gasteiger partial charge in [-0.15, -0.1) is 0 Å². The lowest BCUT2D eigenvalue weighted by Gasteiger charge is -2.31. The normalized spacial score (nSPS) is 17.7. The molecule has 3 amide bonds. The molecule has 210 valence electrons. The molecule has 2 fully saturated rings. The molecule has 3 aliphatic rings. The number of amides is 3. The Morgan fingerprint density at radius 2 is 1.51 bits per heavy atom. The van der Waals surface area contributed by atoms with Gasteiger partial charge in [0.05, 0.1) is 0 Å². The van der Waals surface area contributed by atoms with E-state index in [1.807, 2.05) is 0 Å². The third-order valence-corrected chi connectivity index (χ3v) is 8.59. The zero-order valence-electron chi connectivity index (χ0n) is 20.5. The fraction of sp³-hybridized carbons (Fsp3) is 0.458. The number of anilines is 1. The average Bonchev–Trinajstić information content (AvgIpc) is 3.48. The second-order valence-corrected chi connectivity index (χ2v) is 11.5. The van der Waals surface area contributed by atoms with Gasteiger partial charge in [-0.2, -0.15) is 0 Å². The van der Waals surface area contributed by atoms with Crippen LogP contribution in [0.2, 0.25) is 0 Å². The van der Waals surface area contributed by atoms with E-state index in [1.165, 1.54) is 9.47 Å². The first-order chi connectivity index (χ1) is 18.5. The van der Waals surface area contributed by atoms with Crippen LogP contribution >= 0.6 is 0 Å². The number of fused-ring (bicyclic) bond motifs is 1. The Morgan fingerprint density at radius 3 is 2.13 bits per heavy atom. The van der Waals surface area contributed by atoms with E-state index in [0.717, 1.165) is 12.8 Å². The van der Waals surface area contributed by atoms with E-state index < -0.39 is 73.3 Å². The number of carbonyl (C=O) groups excluding carboxylic acids is 3. The maximum Gasteiger partial charge on any atom is 0.311 e. The Balaban J connectivity index is 1.30. The number of rotatable bonds is 6. The third-order valence-electron chi connectivity index (χ3n) is 7.00. The highest BCUT2D eigenvalue weighted by Crippen LogP contribution is 2.33. The molecular formula is C24H25F4N5O5S. The van der Waals surface area contributed by atoms with Crippen LogP contribution in [0.3, 0.4) is 0 Å². The molecule has 15 heteroatoms. The van der Waals surface area contributed by atoms with Crippen molar-refractivity contribution in [2.75, 3.05) is 18.4 Å². The fourth-order valence-corrected chi connectivity index (χ4v) is 6.57. The molecule has 1 saturated carbocycles. The maximum absolute atomic E-state index is 15.6. The maximum atomic E-state index is 15.6. The molecule has 39 heavy (non-hydrogen) atoms. The van der Waals surface area contributed by atoms with Gasteiger partial charge in [0.15, 0.2) is 23.3 Å². The van der Waals surface area contributed by atoms with Crippen LogP contribution in [0, 0.1) is 23.3 Å². The Morgan fingerprint density at radius 1 is 0.872 bits per heavy atom. The molecule has 10 nitrogen and oxygen atoms in total. The lowest BCUT2D eigenvalue weighted by molar-refractivity contribution is -0.146. The van der Waals surface area contributed by atoms with Crippen LogP contribution in [-0.4, -0.2) is 60.8 Å². The summed E-state index contributed by atoms with van der Waals surface area (Å²) in [6.07, 6.45) is 2.64. The highest BCUT2D eigenvalue weighted by atomic mass is 32.2. The largest absolute Gasteiger partial charge is 0.345 e. The van der Waals surface area contributed by atoms with Gasteiger partial charge in [0.25, 0.3) is 5.91 Å². The standard InChI is InChI=1S/C24H25F4N5O5S/c25-15-10-14(11-16(26)18(15)27)30-22(34)20-19(28)21(17-2-1-7-33(17)20)39(37,38)31-13-5-8-32(9-6-13)24(36)23(35)29-12-3-4-12/h10-13,31H,1-9H2,(H,29,35)(H,30,34). The monoisotopic (exact) mass is 571 g/mol. The molecule has 3 heterocycles. The first-order valence-corrected chi connectivity index (χ1v) is 13.9. The highest BCUT2D eigenvalue weighted by molar-refractivity contribution is 7.89. The van der Waals surface area contributed by atoms with Gasteiger partial charge in [0.2, 0.25) is 10.0 Å². The molecule has 1 aromatic carbocycles. The van der Waals surface area contributed by atoms with Crippen LogP contribution in [0.15, 0.2) is 17.0 Å². The number of sulfonamides is 1. The molecule has 0 radical (unpaired) electrons. The summed E-state index contributed by atoms with van der Waals surface area (Å²) in [5.41, 5.74) is -1.03. The summed E-state index contributed by atoms with van der Waals surface area (Å²) >= 11 is 0. The zero-order valence-corrected chi connectivity index (χ0v) is 21.3. The summed E-state index contributed by atoms with van der Waals surface area (Å²) in [5, 5.41) is 4.71. The van der Waals surface area contributed by atoms with Crippen LogP contribution in [0.4, 0.5) is 23.2 Å². The van der Waals surface area contributed by atoms with Crippen LogP contribution in [0.1, 0.15) is 48.3 Å². The number of piperidine rings is 1. The molecule has 3 N–H and O–H groups in total. The lowest BCUT2D eigenvalue weighted by atomic mass is 10.1. The van der Waals surface area contributed by atoms with Gasteiger partial charge in [-0.3, -0.25) is 14.4 Å². The average molecular weight is 572 g/mol. The predicted molar refractivity (Wildman–Crippen MR) is 128 cm³/mol. The van der Waals surface area contributed by atoms with Crippen molar-refractivity contribution < 1.29 is 40.4 Å². The fourth-order valence-electron chi connectivity index (χ4n) is 4.92. The summed E-state index contributed by atoms with van der Waals surface area (Å²) in [7, 11) is -4.46. The number of hydrogen-bond acceptors (Lipinski definition) is 5. The molecule has 0 bridgehead atoms. The van der Waals surface area contributed by atoms with Gasteiger partial charge in [-0.25, -0.2) is 30.7 Å². The molecule has 0 atom stereocenters. The minimum Gasteiger partial charge on any atom is -0.345 e. The topological polar surface area (TPSA) is 130 Å². The number of nitrogens with zero attached hydrogens (tertiary/aromatic N) is 2. The van der Waals surface area contributed by atoms with E-state index in [-0.39, 0.29) is 50.6 Å². The third kappa shape index (κ3) is 5.37. The quantitative estimate of drug-likeness (QED) is 0.277. The molecule has 1 saturated heterocycles. The van der Waals surface area contributed by atoms with Gasteiger partial charge >= 0.3 is 11.8 Å². The number of carbonyl (C=O) groups is 3. The number of nitrogens with one attached hydrogen (secondary N) is 3. The molecule has 1 aliphatic carbocycles. The van der Waals surface area contributed by atoms with E-state index >= 15 is 4.39 Å². The second kappa shape index (κ2) is 10.3. The highest BCUT2D eigenvalue weighted by Gasteiger charge is 2.38. The molecule has 1 aromatic heterocycles.